The summed E-state index contributed by atoms with van der Waals surface area (Å²) in [5, 5.41) is 0. The number of carbonyl (C=O) groups is 1. The van der Waals surface area contributed by atoms with Crippen LogP contribution in [0.5, 0.6) is 0 Å². The second-order valence-corrected chi connectivity index (χ2v) is 9.83. The van der Waals surface area contributed by atoms with Crippen molar-refractivity contribution >= 4 is 11.6 Å². The molecule has 5 heteroatoms. The van der Waals surface area contributed by atoms with Crippen molar-refractivity contribution in [1.82, 2.24) is 14.8 Å². The zero-order valence-electron chi connectivity index (χ0n) is 18.3. The van der Waals surface area contributed by atoms with Crippen LogP contribution in [0.4, 0.5) is 0 Å². The number of rotatable bonds is 4. The number of hydrogen-bond donors (Lipinski definition) is 0. The van der Waals surface area contributed by atoms with Gasteiger partial charge in [-0.05, 0) is 80.0 Å². The molecule has 1 saturated carbocycles. The number of carbonyl (C=O) groups excluding carboxylic acids is 1. The fourth-order valence-electron chi connectivity index (χ4n) is 5.58. The Bertz CT molecular complexity index is 1070. The van der Waals surface area contributed by atoms with E-state index in [1.165, 1.54) is 54.6 Å². The van der Waals surface area contributed by atoms with Crippen molar-refractivity contribution in [3.8, 4) is 0 Å². The summed E-state index contributed by atoms with van der Waals surface area (Å²) >= 11 is 0. The molecule has 2 aromatic rings. The van der Waals surface area contributed by atoms with Crippen LogP contribution in [0.3, 0.4) is 0 Å². The van der Waals surface area contributed by atoms with E-state index in [0.29, 0.717) is 24.9 Å². The van der Waals surface area contributed by atoms with E-state index in [2.05, 4.69) is 33.0 Å². The van der Waals surface area contributed by atoms with Gasteiger partial charge in [-0.1, -0.05) is 6.07 Å². The Kier molecular flexibility index (Phi) is 4.67. The Hall–Kier alpha value is -2.53. The van der Waals surface area contributed by atoms with Gasteiger partial charge in [-0.3, -0.25) is 14.8 Å². The highest BCUT2D eigenvalue weighted by Gasteiger charge is 2.34. The Morgan fingerprint density at radius 2 is 2.00 bits per heavy atom. The van der Waals surface area contributed by atoms with Crippen LogP contribution in [-0.4, -0.2) is 52.1 Å². The predicted molar refractivity (Wildman–Crippen MR) is 121 cm³/mol. The number of likely N-dealkylation sites (tertiary alicyclic amines) is 1. The van der Waals surface area contributed by atoms with Crippen LogP contribution in [0.1, 0.15) is 59.2 Å². The van der Waals surface area contributed by atoms with Gasteiger partial charge in [0.25, 0.3) is 0 Å². The number of benzene rings is 1. The van der Waals surface area contributed by atoms with Gasteiger partial charge in [0.2, 0.25) is 5.91 Å². The third-order valence-electron chi connectivity index (χ3n) is 7.40. The topological polar surface area (TPSA) is 48.8 Å². The first-order valence-corrected chi connectivity index (χ1v) is 11.8. The maximum absolute atomic E-state index is 13.1. The molecule has 1 aliphatic carbocycles. The van der Waals surface area contributed by atoms with Crippen molar-refractivity contribution in [2.75, 3.05) is 19.6 Å². The molecule has 2 fully saturated rings. The minimum Gasteiger partial charge on any atom is -0.334 e. The Labute approximate surface area is 184 Å². The molecule has 1 aromatic carbocycles. The molecule has 1 aromatic heterocycles. The molecule has 0 radical (unpaired) electrons. The van der Waals surface area contributed by atoms with Crippen molar-refractivity contribution in [3.63, 3.8) is 0 Å². The summed E-state index contributed by atoms with van der Waals surface area (Å²) in [7, 11) is 0. The van der Waals surface area contributed by atoms with Gasteiger partial charge >= 0.3 is 0 Å². The lowest BCUT2D eigenvalue weighted by molar-refractivity contribution is -0.135. The van der Waals surface area contributed by atoms with Gasteiger partial charge < -0.3 is 9.80 Å². The maximum atomic E-state index is 13.1. The van der Waals surface area contributed by atoms with E-state index in [1.807, 2.05) is 19.2 Å². The van der Waals surface area contributed by atoms with E-state index in [0.717, 1.165) is 42.4 Å². The average molecular weight is 415 g/mol. The molecule has 4 aliphatic rings. The monoisotopic (exact) mass is 414 g/mol. The number of aromatic nitrogens is 1. The normalized spacial score (nSPS) is 23.5. The first kappa shape index (κ1) is 19.2. The Balaban J connectivity index is 1.26. The fourth-order valence-corrected chi connectivity index (χ4v) is 5.58. The van der Waals surface area contributed by atoms with E-state index in [4.69, 9.17) is 4.99 Å². The van der Waals surface area contributed by atoms with Gasteiger partial charge in [0.05, 0.1) is 18.7 Å². The molecule has 0 bridgehead atoms. The minimum absolute atomic E-state index is 0.301. The Morgan fingerprint density at radius 1 is 1.10 bits per heavy atom. The van der Waals surface area contributed by atoms with Crippen molar-refractivity contribution in [1.29, 1.82) is 0 Å². The molecule has 3 aliphatic heterocycles. The first-order chi connectivity index (χ1) is 15.1. The molecule has 1 saturated heterocycles. The van der Waals surface area contributed by atoms with Crippen LogP contribution < -0.4 is 0 Å². The molecule has 4 heterocycles. The van der Waals surface area contributed by atoms with Gasteiger partial charge in [0.1, 0.15) is 0 Å². The van der Waals surface area contributed by atoms with Gasteiger partial charge in [0, 0.05) is 48.7 Å². The summed E-state index contributed by atoms with van der Waals surface area (Å²) in [5.74, 6) is 1.21. The van der Waals surface area contributed by atoms with Gasteiger partial charge in [-0.15, -0.1) is 0 Å². The van der Waals surface area contributed by atoms with Crippen LogP contribution in [0.25, 0.3) is 0 Å². The number of aryl methyl sites for hydroxylation is 1. The molecule has 160 valence electrons. The van der Waals surface area contributed by atoms with Crippen LogP contribution in [-0.2, 0) is 24.3 Å². The summed E-state index contributed by atoms with van der Waals surface area (Å²) < 4.78 is 0. The smallest absolute Gasteiger partial charge is 0.227 e. The third-order valence-corrected chi connectivity index (χ3v) is 7.40. The molecule has 0 N–H and O–H groups in total. The SMILES string of the molecule is Cc1cc(C2=NCc3cc4c(cc32)CN([C@@H]2CCCN(CC3CC3)C2)C(=O)C4)ccn1. The highest BCUT2D eigenvalue weighted by molar-refractivity contribution is 6.15. The number of aliphatic imine (C=N–C) groups is 1. The number of fused-ring (bicyclic) bond motifs is 2. The van der Waals surface area contributed by atoms with Gasteiger partial charge in [0.15, 0.2) is 0 Å². The maximum Gasteiger partial charge on any atom is 0.227 e. The van der Waals surface area contributed by atoms with Gasteiger partial charge in [-0.2, -0.15) is 0 Å². The highest BCUT2D eigenvalue weighted by atomic mass is 16.2. The average Bonchev–Trinajstić information content (AvgIpc) is 3.48. The number of amides is 1. The second-order valence-electron chi connectivity index (χ2n) is 9.83. The zero-order chi connectivity index (χ0) is 20.9. The number of hydrogen-bond acceptors (Lipinski definition) is 4. The molecule has 31 heavy (non-hydrogen) atoms. The molecule has 5 nitrogen and oxygen atoms in total. The second kappa shape index (κ2) is 7.56. The largest absolute Gasteiger partial charge is 0.334 e. The van der Waals surface area contributed by atoms with Crippen LogP contribution >= 0.6 is 0 Å². The summed E-state index contributed by atoms with van der Waals surface area (Å²) in [6.07, 6.45) is 7.52. The van der Waals surface area contributed by atoms with Crippen LogP contribution in [0.15, 0.2) is 35.5 Å². The standard InChI is InChI=1S/C26H30N4O/c1-17-9-19(6-7-27-17)26-24-11-22-15-30(25(31)12-20(22)10-21(24)13-28-26)23-3-2-8-29(16-23)14-18-4-5-18/h6-7,9-11,18,23H,2-5,8,12-16H2,1H3/t23-/m1/s1. The molecule has 1 atom stereocenters. The number of nitrogens with zero attached hydrogens (tertiary/aromatic N) is 4. The molecular weight excluding hydrogens is 384 g/mol. The quantitative estimate of drug-likeness (QED) is 0.769. The fraction of sp³-hybridized carbons (Fsp3) is 0.500. The minimum atomic E-state index is 0.301. The van der Waals surface area contributed by atoms with E-state index in [1.54, 1.807) is 0 Å². The van der Waals surface area contributed by atoms with Gasteiger partial charge in [-0.25, -0.2) is 0 Å². The van der Waals surface area contributed by atoms with Crippen molar-refractivity contribution in [2.24, 2.45) is 10.9 Å². The van der Waals surface area contributed by atoms with Crippen molar-refractivity contribution in [3.05, 3.63) is 64.0 Å². The summed E-state index contributed by atoms with van der Waals surface area (Å²) in [5.41, 5.74) is 8.20. The molecule has 6 rings (SSSR count). The molecule has 0 spiro atoms. The lowest BCUT2D eigenvalue weighted by Gasteiger charge is -2.41. The van der Waals surface area contributed by atoms with E-state index in [-0.39, 0.29) is 0 Å². The van der Waals surface area contributed by atoms with Crippen molar-refractivity contribution in [2.45, 2.75) is 58.2 Å². The summed E-state index contributed by atoms with van der Waals surface area (Å²) in [6.45, 7) is 6.94. The van der Waals surface area contributed by atoms with Crippen LogP contribution in [0, 0.1) is 12.8 Å². The molecule has 1 amide bonds. The van der Waals surface area contributed by atoms with E-state index < -0.39 is 0 Å². The van der Waals surface area contributed by atoms with E-state index >= 15 is 0 Å². The summed E-state index contributed by atoms with van der Waals surface area (Å²) in [4.78, 5) is 27.0. The summed E-state index contributed by atoms with van der Waals surface area (Å²) in [6, 6.07) is 9.07. The first-order valence-electron chi connectivity index (χ1n) is 11.8. The number of piperidine rings is 1. The highest BCUT2D eigenvalue weighted by Crippen LogP contribution is 2.33. The lowest BCUT2D eigenvalue weighted by Crippen LogP contribution is -2.52. The predicted octanol–water partition coefficient (Wildman–Crippen LogP) is 3.50. The zero-order valence-corrected chi connectivity index (χ0v) is 18.3. The van der Waals surface area contributed by atoms with Crippen LogP contribution in [0.2, 0.25) is 0 Å². The Morgan fingerprint density at radius 3 is 2.84 bits per heavy atom. The third kappa shape index (κ3) is 3.69. The lowest BCUT2D eigenvalue weighted by atomic mass is 9.90. The molecule has 0 unspecified atom stereocenters. The molecular formula is C26H30N4O. The van der Waals surface area contributed by atoms with Crippen molar-refractivity contribution < 1.29 is 4.79 Å². The number of pyridine rings is 1. The van der Waals surface area contributed by atoms with E-state index in [9.17, 15) is 4.79 Å².